The minimum Gasteiger partial charge on any atom is -0.466 e. The Morgan fingerprint density at radius 2 is 1.94 bits per heavy atom. The van der Waals surface area contributed by atoms with Gasteiger partial charge in [0.1, 0.15) is 0 Å². The number of aliphatic hydroxyl groups excluding tert-OH is 2. The van der Waals surface area contributed by atoms with Crippen molar-refractivity contribution in [2.24, 2.45) is 5.92 Å². The summed E-state index contributed by atoms with van der Waals surface area (Å²) in [7, 11) is 0. The SMILES string of the molecule is CCCCOC(=O)C[C@H](O)C[C@H](O)C(C)C. The average molecular weight is 232 g/mol. The molecule has 4 heteroatoms. The van der Waals surface area contributed by atoms with E-state index in [1.54, 1.807) is 0 Å². The highest BCUT2D eigenvalue weighted by Crippen LogP contribution is 2.11. The zero-order valence-corrected chi connectivity index (χ0v) is 10.5. The standard InChI is InChI=1S/C12H24O4/c1-4-5-6-16-12(15)8-10(13)7-11(14)9(2)3/h9-11,13-14H,4-8H2,1-3H3/t10-,11+/m1/s1. The van der Waals surface area contributed by atoms with Crippen LogP contribution in [0.25, 0.3) is 0 Å². The van der Waals surface area contributed by atoms with Gasteiger partial charge < -0.3 is 14.9 Å². The van der Waals surface area contributed by atoms with E-state index < -0.39 is 18.2 Å². The smallest absolute Gasteiger partial charge is 0.308 e. The highest BCUT2D eigenvalue weighted by atomic mass is 16.5. The third-order valence-corrected chi connectivity index (χ3v) is 2.45. The van der Waals surface area contributed by atoms with Gasteiger partial charge in [0.15, 0.2) is 0 Å². The van der Waals surface area contributed by atoms with Crippen LogP contribution in [0, 0.1) is 5.92 Å². The van der Waals surface area contributed by atoms with Crippen LogP contribution in [0.1, 0.15) is 46.5 Å². The number of aliphatic hydroxyl groups is 2. The highest BCUT2D eigenvalue weighted by Gasteiger charge is 2.18. The Bertz CT molecular complexity index is 191. The fourth-order valence-electron chi connectivity index (χ4n) is 1.22. The first-order valence-electron chi connectivity index (χ1n) is 5.99. The Hall–Kier alpha value is -0.610. The fraction of sp³-hybridized carbons (Fsp3) is 0.917. The lowest BCUT2D eigenvalue weighted by Crippen LogP contribution is -2.25. The van der Waals surface area contributed by atoms with E-state index >= 15 is 0 Å². The van der Waals surface area contributed by atoms with Crippen molar-refractivity contribution in [3.05, 3.63) is 0 Å². The van der Waals surface area contributed by atoms with Crippen molar-refractivity contribution in [3.63, 3.8) is 0 Å². The maximum Gasteiger partial charge on any atom is 0.308 e. The lowest BCUT2D eigenvalue weighted by atomic mass is 10.00. The van der Waals surface area contributed by atoms with E-state index in [0.717, 1.165) is 12.8 Å². The largest absolute Gasteiger partial charge is 0.466 e. The number of carbonyl (C=O) groups excluding carboxylic acids is 1. The van der Waals surface area contributed by atoms with Crippen molar-refractivity contribution < 1.29 is 19.7 Å². The van der Waals surface area contributed by atoms with Crippen LogP contribution >= 0.6 is 0 Å². The molecule has 0 unspecified atom stereocenters. The number of unbranched alkanes of at least 4 members (excludes halogenated alkanes) is 1. The van der Waals surface area contributed by atoms with Crippen LogP contribution < -0.4 is 0 Å². The zero-order valence-electron chi connectivity index (χ0n) is 10.5. The van der Waals surface area contributed by atoms with Crippen molar-refractivity contribution in [2.75, 3.05) is 6.61 Å². The van der Waals surface area contributed by atoms with E-state index in [1.807, 2.05) is 20.8 Å². The summed E-state index contributed by atoms with van der Waals surface area (Å²) in [4.78, 5) is 11.2. The molecule has 0 fully saturated rings. The molecule has 0 aromatic rings. The lowest BCUT2D eigenvalue weighted by molar-refractivity contribution is -0.146. The molecule has 0 aromatic heterocycles. The number of hydrogen-bond acceptors (Lipinski definition) is 4. The van der Waals surface area contributed by atoms with Gasteiger partial charge in [-0.25, -0.2) is 0 Å². The molecule has 0 amide bonds. The van der Waals surface area contributed by atoms with Gasteiger partial charge in [-0.15, -0.1) is 0 Å². The molecular formula is C12H24O4. The molecule has 0 heterocycles. The van der Waals surface area contributed by atoms with Crippen LogP contribution in [0.2, 0.25) is 0 Å². The lowest BCUT2D eigenvalue weighted by Gasteiger charge is -2.17. The van der Waals surface area contributed by atoms with Gasteiger partial charge in [-0.1, -0.05) is 27.2 Å². The fourth-order valence-corrected chi connectivity index (χ4v) is 1.22. The summed E-state index contributed by atoms with van der Waals surface area (Å²) in [6.45, 7) is 6.17. The van der Waals surface area contributed by atoms with Crippen LogP contribution in [0.15, 0.2) is 0 Å². The van der Waals surface area contributed by atoms with Crippen LogP contribution in [0.4, 0.5) is 0 Å². The second-order valence-electron chi connectivity index (χ2n) is 4.48. The first kappa shape index (κ1) is 15.4. The molecule has 0 bridgehead atoms. The van der Waals surface area contributed by atoms with E-state index in [2.05, 4.69) is 0 Å². The Kier molecular flexibility index (Phi) is 8.21. The highest BCUT2D eigenvalue weighted by molar-refractivity contribution is 5.69. The third-order valence-electron chi connectivity index (χ3n) is 2.45. The second-order valence-corrected chi connectivity index (χ2v) is 4.48. The molecule has 0 aliphatic heterocycles. The molecule has 16 heavy (non-hydrogen) atoms. The molecule has 0 aliphatic rings. The number of carbonyl (C=O) groups is 1. The maximum atomic E-state index is 11.2. The van der Waals surface area contributed by atoms with Crippen molar-refractivity contribution >= 4 is 5.97 Å². The quantitative estimate of drug-likeness (QED) is 0.491. The van der Waals surface area contributed by atoms with Gasteiger partial charge in [-0.2, -0.15) is 0 Å². The summed E-state index contributed by atoms with van der Waals surface area (Å²) < 4.78 is 4.91. The van der Waals surface area contributed by atoms with E-state index in [1.165, 1.54) is 0 Å². The Morgan fingerprint density at radius 3 is 2.44 bits per heavy atom. The topological polar surface area (TPSA) is 66.8 Å². The van der Waals surface area contributed by atoms with Crippen molar-refractivity contribution in [3.8, 4) is 0 Å². The maximum absolute atomic E-state index is 11.2. The minimum absolute atomic E-state index is 0.0342. The van der Waals surface area contributed by atoms with Gasteiger partial charge in [0.25, 0.3) is 0 Å². The number of hydrogen-bond donors (Lipinski definition) is 2. The monoisotopic (exact) mass is 232 g/mol. The van der Waals surface area contributed by atoms with Gasteiger partial charge in [0, 0.05) is 6.42 Å². The van der Waals surface area contributed by atoms with Crippen molar-refractivity contribution in [1.29, 1.82) is 0 Å². The molecule has 0 aliphatic carbocycles. The summed E-state index contributed by atoms with van der Waals surface area (Å²) in [5.74, 6) is -0.303. The van der Waals surface area contributed by atoms with E-state index in [9.17, 15) is 15.0 Å². The molecule has 96 valence electrons. The summed E-state index contributed by atoms with van der Waals surface area (Å²) in [5, 5.41) is 19.0. The molecule has 2 atom stereocenters. The van der Waals surface area contributed by atoms with Gasteiger partial charge in [0.05, 0.1) is 25.2 Å². The molecule has 2 N–H and O–H groups in total. The number of ether oxygens (including phenoxy) is 1. The Morgan fingerprint density at radius 1 is 1.31 bits per heavy atom. The molecule has 0 saturated carbocycles. The summed E-state index contributed by atoms with van der Waals surface area (Å²) in [5.41, 5.74) is 0. The van der Waals surface area contributed by atoms with Crippen LogP contribution in [-0.2, 0) is 9.53 Å². The van der Waals surface area contributed by atoms with Crippen LogP contribution in [0.3, 0.4) is 0 Å². The molecule has 0 aromatic carbocycles. The zero-order chi connectivity index (χ0) is 12.6. The summed E-state index contributed by atoms with van der Waals surface area (Å²) in [6, 6.07) is 0. The normalized spacial score (nSPS) is 14.9. The van der Waals surface area contributed by atoms with E-state index in [4.69, 9.17) is 4.74 Å². The minimum atomic E-state index is -0.813. The van der Waals surface area contributed by atoms with Crippen molar-refractivity contribution in [2.45, 2.75) is 58.7 Å². The first-order chi connectivity index (χ1) is 7.47. The molecular weight excluding hydrogens is 208 g/mol. The summed E-state index contributed by atoms with van der Waals surface area (Å²) in [6.07, 6.45) is 0.622. The second kappa shape index (κ2) is 8.53. The molecule has 4 nitrogen and oxygen atoms in total. The predicted molar refractivity (Wildman–Crippen MR) is 62.0 cm³/mol. The van der Waals surface area contributed by atoms with E-state index in [0.29, 0.717) is 6.61 Å². The van der Waals surface area contributed by atoms with Crippen LogP contribution in [-0.4, -0.2) is 35.0 Å². The Balaban J connectivity index is 3.69. The molecule has 0 rings (SSSR count). The average Bonchev–Trinajstić information content (AvgIpc) is 2.17. The van der Waals surface area contributed by atoms with Gasteiger partial charge in [-0.05, 0) is 12.3 Å². The molecule has 0 saturated heterocycles. The van der Waals surface area contributed by atoms with E-state index in [-0.39, 0.29) is 18.8 Å². The number of esters is 1. The van der Waals surface area contributed by atoms with Gasteiger partial charge >= 0.3 is 5.97 Å². The van der Waals surface area contributed by atoms with Gasteiger partial charge in [0.2, 0.25) is 0 Å². The first-order valence-corrected chi connectivity index (χ1v) is 5.99. The van der Waals surface area contributed by atoms with Crippen molar-refractivity contribution in [1.82, 2.24) is 0 Å². The van der Waals surface area contributed by atoms with Crippen LogP contribution in [0.5, 0.6) is 0 Å². The predicted octanol–water partition coefficient (Wildman–Crippen LogP) is 1.49. The van der Waals surface area contributed by atoms with Gasteiger partial charge in [-0.3, -0.25) is 4.79 Å². The Labute approximate surface area is 97.6 Å². The molecule has 0 spiro atoms. The number of rotatable bonds is 8. The molecule has 0 radical (unpaired) electrons. The third kappa shape index (κ3) is 7.65. The summed E-state index contributed by atoms with van der Waals surface area (Å²) >= 11 is 0.